The van der Waals surface area contributed by atoms with Crippen molar-refractivity contribution < 1.29 is 14.0 Å². The van der Waals surface area contributed by atoms with Crippen molar-refractivity contribution in [1.29, 1.82) is 0 Å². The summed E-state index contributed by atoms with van der Waals surface area (Å²) in [6.07, 6.45) is 5.52. The summed E-state index contributed by atoms with van der Waals surface area (Å²) < 4.78 is 13.2. The van der Waals surface area contributed by atoms with Crippen LogP contribution in [-0.4, -0.2) is 47.9 Å². The van der Waals surface area contributed by atoms with Gasteiger partial charge in [-0.15, -0.1) is 0 Å². The van der Waals surface area contributed by atoms with E-state index in [0.29, 0.717) is 31.9 Å². The lowest BCUT2D eigenvalue weighted by molar-refractivity contribution is -0.138. The fourth-order valence-electron chi connectivity index (χ4n) is 3.51. The smallest absolute Gasteiger partial charge is 0.321 e. The van der Waals surface area contributed by atoms with E-state index in [4.69, 9.17) is 0 Å². The van der Waals surface area contributed by atoms with Gasteiger partial charge in [-0.1, -0.05) is 25.3 Å². The van der Waals surface area contributed by atoms with Gasteiger partial charge in [0.05, 0.1) is 0 Å². The van der Waals surface area contributed by atoms with Crippen molar-refractivity contribution in [2.75, 3.05) is 31.5 Å². The predicted octanol–water partition coefficient (Wildman–Crippen LogP) is 3.08. The number of carbonyl (C=O) groups is 2. The van der Waals surface area contributed by atoms with Crippen LogP contribution in [0.15, 0.2) is 24.3 Å². The Morgan fingerprint density at radius 2 is 1.67 bits per heavy atom. The van der Waals surface area contributed by atoms with Crippen LogP contribution < -0.4 is 5.32 Å². The van der Waals surface area contributed by atoms with Crippen molar-refractivity contribution in [2.24, 2.45) is 5.92 Å². The van der Waals surface area contributed by atoms with Crippen molar-refractivity contribution in [3.63, 3.8) is 0 Å². The summed E-state index contributed by atoms with van der Waals surface area (Å²) in [7, 11) is 0. The summed E-state index contributed by atoms with van der Waals surface area (Å²) in [6.45, 7) is 2.18. The number of halogens is 1. The molecule has 1 heterocycles. The molecule has 1 saturated carbocycles. The van der Waals surface area contributed by atoms with Crippen LogP contribution in [0.3, 0.4) is 0 Å². The predicted molar refractivity (Wildman–Crippen MR) is 90.1 cm³/mol. The number of rotatable bonds is 2. The molecule has 2 fully saturated rings. The van der Waals surface area contributed by atoms with Crippen LogP contribution in [0.1, 0.15) is 32.1 Å². The molecule has 1 aliphatic carbocycles. The van der Waals surface area contributed by atoms with Crippen molar-refractivity contribution >= 4 is 17.6 Å². The van der Waals surface area contributed by atoms with E-state index in [9.17, 15) is 14.0 Å². The number of carbonyl (C=O) groups excluding carboxylic acids is 2. The third kappa shape index (κ3) is 4.04. The highest BCUT2D eigenvalue weighted by Crippen LogP contribution is 2.25. The van der Waals surface area contributed by atoms with Crippen molar-refractivity contribution in [3.05, 3.63) is 30.1 Å². The maximum absolute atomic E-state index is 13.2. The first-order valence-corrected chi connectivity index (χ1v) is 8.74. The number of piperazine rings is 1. The number of benzene rings is 1. The summed E-state index contributed by atoms with van der Waals surface area (Å²) in [6, 6.07) is 5.60. The van der Waals surface area contributed by atoms with Gasteiger partial charge in [0.15, 0.2) is 0 Å². The number of amides is 3. The van der Waals surface area contributed by atoms with Crippen LogP contribution in [0.2, 0.25) is 0 Å². The largest absolute Gasteiger partial charge is 0.339 e. The molecule has 0 atom stereocenters. The Hall–Kier alpha value is -2.11. The van der Waals surface area contributed by atoms with Crippen molar-refractivity contribution in [1.82, 2.24) is 9.80 Å². The first kappa shape index (κ1) is 16.7. The second-order valence-electron chi connectivity index (χ2n) is 6.59. The quantitative estimate of drug-likeness (QED) is 0.904. The monoisotopic (exact) mass is 333 g/mol. The fraction of sp³-hybridized carbons (Fsp3) is 0.556. The van der Waals surface area contributed by atoms with Gasteiger partial charge in [0.25, 0.3) is 0 Å². The van der Waals surface area contributed by atoms with Gasteiger partial charge in [-0.3, -0.25) is 4.79 Å². The zero-order chi connectivity index (χ0) is 16.9. The molecule has 5 nitrogen and oxygen atoms in total. The zero-order valence-electron chi connectivity index (χ0n) is 13.8. The first-order chi connectivity index (χ1) is 11.6. The number of anilines is 1. The van der Waals surface area contributed by atoms with Gasteiger partial charge in [0.1, 0.15) is 5.82 Å². The molecule has 1 aromatic carbocycles. The molecular weight excluding hydrogens is 309 g/mol. The van der Waals surface area contributed by atoms with Gasteiger partial charge in [-0.25, -0.2) is 9.18 Å². The topological polar surface area (TPSA) is 52.7 Å². The zero-order valence-corrected chi connectivity index (χ0v) is 13.8. The van der Waals surface area contributed by atoms with Crippen LogP contribution in [0.5, 0.6) is 0 Å². The van der Waals surface area contributed by atoms with E-state index in [1.54, 1.807) is 17.0 Å². The number of urea groups is 1. The lowest BCUT2D eigenvalue weighted by Gasteiger charge is -2.37. The van der Waals surface area contributed by atoms with Gasteiger partial charge in [-0.05, 0) is 31.0 Å². The van der Waals surface area contributed by atoms with Gasteiger partial charge in [0, 0.05) is 37.8 Å². The molecule has 24 heavy (non-hydrogen) atoms. The normalized spacial score (nSPS) is 19.2. The Morgan fingerprint density at radius 3 is 2.33 bits per heavy atom. The van der Waals surface area contributed by atoms with Crippen molar-refractivity contribution in [2.45, 2.75) is 32.1 Å². The minimum absolute atomic E-state index is 0.173. The number of hydrogen-bond donors (Lipinski definition) is 1. The molecule has 0 aromatic heterocycles. The second-order valence-corrected chi connectivity index (χ2v) is 6.59. The average Bonchev–Trinajstić information content (AvgIpc) is 2.62. The summed E-state index contributed by atoms with van der Waals surface area (Å²) in [4.78, 5) is 28.3. The highest BCUT2D eigenvalue weighted by atomic mass is 19.1. The second kappa shape index (κ2) is 7.64. The number of nitrogens with one attached hydrogen (secondary N) is 1. The highest BCUT2D eigenvalue weighted by Gasteiger charge is 2.29. The van der Waals surface area contributed by atoms with Crippen LogP contribution in [0.25, 0.3) is 0 Å². The lowest BCUT2D eigenvalue weighted by Crippen LogP contribution is -2.53. The summed E-state index contributed by atoms with van der Waals surface area (Å²) >= 11 is 0. The Kier molecular flexibility index (Phi) is 5.33. The number of hydrogen-bond acceptors (Lipinski definition) is 2. The molecule has 6 heteroatoms. The van der Waals surface area contributed by atoms with Gasteiger partial charge in [0.2, 0.25) is 5.91 Å². The number of nitrogens with zero attached hydrogens (tertiary/aromatic N) is 2. The lowest BCUT2D eigenvalue weighted by atomic mass is 9.88. The molecule has 1 aliphatic heterocycles. The molecule has 3 amide bonds. The molecule has 1 saturated heterocycles. The van der Waals surface area contributed by atoms with Crippen LogP contribution in [0.4, 0.5) is 14.9 Å². The van der Waals surface area contributed by atoms with Gasteiger partial charge < -0.3 is 15.1 Å². The summed E-state index contributed by atoms with van der Waals surface area (Å²) in [5.74, 6) is 0.0435. The molecular formula is C18H24FN3O2. The van der Waals surface area contributed by atoms with Crippen molar-refractivity contribution in [3.8, 4) is 0 Å². The minimum Gasteiger partial charge on any atom is -0.339 e. The standard InChI is InChI=1S/C18H24FN3O2/c19-15-7-4-8-16(13-15)20-18(24)22-11-9-21(10-12-22)17(23)14-5-2-1-3-6-14/h4,7-8,13-14H,1-3,5-6,9-12H2,(H,20,24). The molecule has 0 radical (unpaired) electrons. The Bertz CT molecular complexity index is 594. The van der Waals surface area contributed by atoms with E-state index in [1.807, 2.05) is 4.90 Å². The van der Waals surface area contributed by atoms with E-state index in [2.05, 4.69) is 5.32 Å². The van der Waals surface area contributed by atoms with Crippen LogP contribution in [-0.2, 0) is 4.79 Å². The van der Waals surface area contributed by atoms with E-state index in [-0.39, 0.29) is 23.7 Å². The molecule has 0 spiro atoms. The van der Waals surface area contributed by atoms with Gasteiger partial charge in [-0.2, -0.15) is 0 Å². The van der Waals surface area contributed by atoms with Crippen LogP contribution in [0, 0.1) is 11.7 Å². The fourth-order valence-corrected chi connectivity index (χ4v) is 3.51. The maximum atomic E-state index is 13.2. The van der Waals surface area contributed by atoms with E-state index >= 15 is 0 Å². The van der Waals surface area contributed by atoms with E-state index in [1.165, 1.54) is 18.6 Å². The first-order valence-electron chi connectivity index (χ1n) is 8.74. The Morgan fingerprint density at radius 1 is 1.00 bits per heavy atom. The molecule has 0 bridgehead atoms. The van der Waals surface area contributed by atoms with Gasteiger partial charge >= 0.3 is 6.03 Å². The minimum atomic E-state index is -0.379. The van der Waals surface area contributed by atoms with Crippen LogP contribution >= 0.6 is 0 Å². The Labute approximate surface area is 141 Å². The molecule has 3 rings (SSSR count). The summed E-state index contributed by atoms with van der Waals surface area (Å²) in [5.41, 5.74) is 0.445. The Balaban J connectivity index is 1.49. The summed E-state index contributed by atoms with van der Waals surface area (Å²) in [5, 5.41) is 2.70. The molecule has 1 N–H and O–H groups in total. The molecule has 130 valence electrons. The van der Waals surface area contributed by atoms with E-state index in [0.717, 1.165) is 25.7 Å². The maximum Gasteiger partial charge on any atom is 0.321 e. The average molecular weight is 333 g/mol. The highest BCUT2D eigenvalue weighted by molar-refractivity contribution is 5.89. The van der Waals surface area contributed by atoms with E-state index < -0.39 is 0 Å². The molecule has 1 aromatic rings. The third-order valence-corrected chi connectivity index (χ3v) is 4.91. The SMILES string of the molecule is O=C(Nc1cccc(F)c1)N1CCN(C(=O)C2CCCCC2)CC1. The third-order valence-electron chi connectivity index (χ3n) is 4.91. The molecule has 0 unspecified atom stereocenters. The molecule has 2 aliphatic rings.